The largest absolute Gasteiger partial charge is 0.378 e. The number of nitrogens with one attached hydrogen (secondary N) is 1. The molecule has 1 aliphatic heterocycles. The molecule has 0 radical (unpaired) electrons. The van der Waals surface area contributed by atoms with Gasteiger partial charge in [0.2, 0.25) is 5.91 Å². The van der Waals surface area contributed by atoms with Crippen LogP contribution in [0.4, 0.5) is 17.1 Å². The molecule has 3 aromatic carbocycles. The van der Waals surface area contributed by atoms with Crippen molar-refractivity contribution in [1.29, 1.82) is 0 Å². The number of allylic oxidation sites excluding steroid dienone is 1. The Bertz CT molecular complexity index is 1330. The number of anilines is 3. The van der Waals surface area contributed by atoms with E-state index in [9.17, 15) is 9.59 Å². The highest BCUT2D eigenvalue weighted by atomic mass is 16.2. The standard InChI is InChI=1S/C33H37N3O2/c1-4-5-7-16-31(38)36-29-15-11-10-14-27(29)34-28-21-25(23-12-8-6-9-13-23)22-30(37)32(28)33(36)24-17-19-26(20-18-24)35(2)3/h6,8-15,17-20,25,33-34H,4-5,7,16,21-22H2,1-3H3/t25-,33-/m1/s1. The Labute approximate surface area is 226 Å². The Kier molecular flexibility index (Phi) is 7.64. The molecule has 3 aromatic rings. The fourth-order valence-electron chi connectivity index (χ4n) is 5.74. The maximum absolute atomic E-state index is 14.1. The number of hydrogen-bond donors (Lipinski definition) is 1. The van der Waals surface area contributed by atoms with E-state index in [1.807, 2.05) is 61.5 Å². The van der Waals surface area contributed by atoms with Crippen LogP contribution in [0.2, 0.25) is 0 Å². The van der Waals surface area contributed by atoms with Gasteiger partial charge in [-0.15, -0.1) is 0 Å². The van der Waals surface area contributed by atoms with Crippen molar-refractivity contribution in [1.82, 2.24) is 0 Å². The van der Waals surface area contributed by atoms with E-state index in [-0.39, 0.29) is 17.6 Å². The molecule has 0 bridgehead atoms. The van der Waals surface area contributed by atoms with E-state index >= 15 is 0 Å². The molecule has 0 saturated carbocycles. The monoisotopic (exact) mass is 507 g/mol. The lowest BCUT2D eigenvalue weighted by molar-refractivity contribution is -0.119. The van der Waals surface area contributed by atoms with Crippen molar-refractivity contribution in [3.8, 4) is 0 Å². The van der Waals surface area contributed by atoms with Crippen LogP contribution >= 0.6 is 0 Å². The molecule has 5 rings (SSSR count). The highest BCUT2D eigenvalue weighted by molar-refractivity contribution is 6.06. The first kappa shape index (κ1) is 25.8. The van der Waals surface area contributed by atoms with E-state index in [0.29, 0.717) is 12.8 Å². The van der Waals surface area contributed by atoms with Crippen LogP contribution in [0.25, 0.3) is 0 Å². The SMILES string of the molecule is CCCCCC(=O)N1c2ccccc2NC2=C(C(=O)C[C@H](c3ccccc3)C2)[C@H]1c1ccc(N(C)C)cc1. The number of fused-ring (bicyclic) bond motifs is 1. The Morgan fingerprint density at radius 1 is 0.895 bits per heavy atom. The number of carbonyl (C=O) groups excluding carboxylic acids is 2. The van der Waals surface area contributed by atoms with Gasteiger partial charge in [-0.3, -0.25) is 14.5 Å². The lowest BCUT2D eigenvalue weighted by Crippen LogP contribution is -2.38. The second-order valence-corrected chi connectivity index (χ2v) is 10.6. The molecule has 0 saturated heterocycles. The fourth-order valence-corrected chi connectivity index (χ4v) is 5.74. The van der Waals surface area contributed by atoms with Gasteiger partial charge in [-0.05, 0) is 54.2 Å². The van der Waals surface area contributed by atoms with E-state index < -0.39 is 6.04 Å². The number of rotatable bonds is 7. The Hall–Kier alpha value is -3.86. The van der Waals surface area contributed by atoms with Crippen molar-refractivity contribution < 1.29 is 9.59 Å². The summed E-state index contributed by atoms with van der Waals surface area (Å²) in [7, 11) is 4.03. The molecule has 5 heteroatoms. The molecule has 196 valence electrons. The van der Waals surface area contributed by atoms with Crippen molar-refractivity contribution in [3.05, 3.63) is 101 Å². The normalized spacial score (nSPS) is 18.8. The van der Waals surface area contributed by atoms with Crippen LogP contribution in [-0.2, 0) is 9.59 Å². The van der Waals surface area contributed by atoms with Gasteiger partial charge >= 0.3 is 0 Å². The molecule has 1 N–H and O–H groups in total. The predicted molar refractivity (Wildman–Crippen MR) is 156 cm³/mol. The van der Waals surface area contributed by atoms with Crippen molar-refractivity contribution >= 4 is 28.8 Å². The van der Waals surface area contributed by atoms with Crippen LogP contribution in [0.1, 0.15) is 68.5 Å². The van der Waals surface area contributed by atoms with Crippen molar-refractivity contribution in [2.24, 2.45) is 0 Å². The smallest absolute Gasteiger partial charge is 0.227 e. The molecule has 0 aromatic heterocycles. The first-order chi connectivity index (χ1) is 18.5. The number of para-hydroxylation sites is 2. The van der Waals surface area contributed by atoms with Gasteiger partial charge < -0.3 is 10.2 Å². The zero-order valence-electron chi connectivity index (χ0n) is 22.6. The summed E-state index contributed by atoms with van der Waals surface area (Å²) in [6.45, 7) is 2.14. The van der Waals surface area contributed by atoms with Gasteiger partial charge in [0.15, 0.2) is 5.78 Å². The lowest BCUT2D eigenvalue weighted by atomic mass is 9.78. The number of Topliss-reactive ketones (excluding diaryl/α,β-unsaturated/α-hetero) is 1. The van der Waals surface area contributed by atoms with Crippen molar-refractivity contribution in [3.63, 3.8) is 0 Å². The number of carbonyl (C=O) groups is 2. The first-order valence-electron chi connectivity index (χ1n) is 13.7. The van der Waals surface area contributed by atoms with Gasteiger partial charge in [-0.1, -0.05) is 74.4 Å². The Morgan fingerprint density at radius 2 is 1.61 bits per heavy atom. The molecule has 5 nitrogen and oxygen atoms in total. The van der Waals surface area contributed by atoms with Gasteiger partial charge in [-0.25, -0.2) is 0 Å². The fraction of sp³-hybridized carbons (Fsp3) is 0.333. The minimum atomic E-state index is -0.476. The predicted octanol–water partition coefficient (Wildman–Crippen LogP) is 7.23. The second-order valence-electron chi connectivity index (χ2n) is 10.6. The van der Waals surface area contributed by atoms with E-state index in [4.69, 9.17) is 0 Å². The molecule has 0 spiro atoms. The summed E-state index contributed by atoms with van der Waals surface area (Å²) >= 11 is 0. The summed E-state index contributed by atoms with van der Waals surface area (Å²) in [5.41, 5.74) is 6.55. The minimum Gasteiger partial charge on any atom is -0.378 e. The Balaban J connectivity index is 1.66. The van der Waals surface area contributed by atoms with Gasteiger partial charge in [0.25, 0.3) is 0 Å². The zero-order valence-corrected chi connectivity index (χ0v) is 22.6. The molecular weight excluding hydrogens is 470 g/mol. The third-order valence-electron chi connectivity index (χ3n) is 7.75. The number of amides is 1. The van der Waals surface area contributed by atoms with Gasteiger partial charge in [-0.2, -0.15) is 0 Å². The lowest BCUT2D eigenvalue weighted by Gasteiger charge is -2.35. The molecule has 2 atom stereocenters. The highest BCUT2D eigenvalue weighted by Gasteiger charge is 2.41. The van der Waals surface area contributed by atoms with E-state index in [1.54, 1.807) is 0 Å². The maximum Gasteiger partial charge on any atom is 0.227 e. The molecule has 1 aliphatic carbocycles. The molecule has 1 amide bonds. The summed E-state index contributed by atoms with van der Waals surface area (Å²) in [5.74, 6) is 0.264. The molecular formula is C33H37N3O2. The summed E-state index contributed by atoms with van der Waals surface area (Å²) in [4.78, 5) is 32.0. The van der Waals surface area contributed by atoms with Gasteiger partial charge in [0.1, 0.15) is 0 Å². The minimum absolute atomic E-state index is 0.0566. The summed E-state index contributed by atoms with van der Waals surface area (Å²) < 4.78 is 0. The number of ketones is 1. The van der Waals surface area contributed by atoms with E-state index in [1.165, 1.54) is 5.56 Å². The van der Waals surface area contributed by atoms with E-state index in [2.05, 4.69) is 53.5 Å². The average molecular weight is 508 g/mol. The number of nitrogens with zero attached hydrogens (tertiary/aromatic N) is 2. The van der Waals surface area contributed by atoms with Crippen LogP contribution in [0.15, 0.2) is 90.1 Å². The first-order valence-corrected chi connectivity index (χ1v) is 13.7. The van der Waals surface area contributed by atoms with Crippen LogP contribution in [-0.4, -0.2) is 25.8 Å². The summed E-state index contributed by atoms with van der Waals surface area (Å²) in [5, 5.41) is 3.63. The summed E-state index contributed by atoms with van der Waals surface area (Å²) in [6.07, 6.45) is 4.51. The maximum atomic E-state index is 14.1. The highest BCUT2D eigenvalue weighted by Crippen LogP contribution is 2.47. The van der Waals surface area contributed by atoms with Gasteiger partial charge in [0, 0.05) is 43.9 Å². The average Bonchev–Trinajstić information content (AvgIpc) is 3.08. The van der Waals surface area contributed by atoms with Crippen LogP contribution in [0, 0.1) is 0 Å². The molecule has 2 aliphatic rings. The number of benzene rings is 3. The third-order valence-corrected chi connectivity index (χ3v) is 7.75. The van der Waals surface area contributed by atoms with Crippen molar-refractivity contribution in [2.75, 3.05) is 29.2 Å². The van der Waals surface area contributed by atoms with Crippen LogP contribution in [0.3, 0.4) is 0 Å². The van der Waals surface area contributed by atoms with Gasteiger partial charge in [0.05, 0.1) is 17.4 Å². The Morgan fingerprint density at radius 3 is 2.32 bits per heavy atom. The molecule has 0 fully saturated rings. The zero-order chi connectivity index (χ0) is 26.6. The number of hydrogen-bond acceptors (Lipinski definition) is 4. The summed E-state index contributed by atoms with van der Waals surface area (Å²) in [6, 6.07) is 26.1. The van der Waals surface area contributed by atoms with E-state index in [0.717, 1.165) is 59.6 Å². The molecule has 0 unspecified atom stereocenters. The van der Waals surface area contributed by atoms with Crippen LogP contribution in [0.5, 0.6) is 0 Å². The quantitative estimate of drug-likeness (QED) is 0.343. The molecule has 38 heavy (non-hydrogen) atoms. The second kappa shape index (κ2) is 11.3. The third kappa shape index (κ3) is 5.10. The number of unbranched alkanes of at least 4 members (excludes halogenated alkanes) is 2. The topological polar surface area (TPSA) is 52.7 Å². The molecule has 1 heterocycles. The van der Waals surface area contributed by atoms with Crippen molar-refractivity contribution in [2.45, 2.75) is 57.4 Å². The van der Waals surface area contributed by atoms with Crippen LogP contribution < -0.4 is 15.1 Å².